The number of nitrogens with zero attached hydrogens (tertiary/aromatic N) is 4. The highest BCUT2D eigenvalue weighted by Crippen LogP contribution is 2.29. The maximum absolute atomic E-state index is 12.7. The molecule has 5 aromatic rings. The minimum absolute atomic E-state index is 0.112. The Labute approximate surface area is 229 Å². The molecule has 1 amide bonds. The van der Waals surface area contributed by atoms with Crippen LogP contribution in [0.4, 0.5) is 0 Å². The zero-order valence-corrected chi connectivity index (χ0v) is 22.3. The number of carbonyl (C=O) groups is 1. The number of benzene rings is 4. The molecule has 4 aromatic carbocycles. The molecule has 1 heterocycles. The van der Waals surface area contributed by atoms with Crippen molar-refractivity contribution in [1.29, 1.82) is 0 Å². The number of hydrazone groups is 1. The summed E-state index contributed by atoms with van der Waals surface area (Å²) in [6.07, 6.45) is 0. The van der Waals surface area contributed by atoms with Crippen molar-refractivity contribution < 1.29 is 9.53 Å². The van der Waals surface area contributed by atoms with Crippen LogP contribution in [0.15, 0.2) is 101 Å². The maximum Gasteiger partial charge on any atom is 0.250 e. The molecule has 1 aromatic heterocycles. The smallest absolute Gasteiger partial charge is 0.250 e. The number of thioether (sulfide) groups is 1. The van der Waals surface area contributed by atoms with Gasteiger partial charge in [-0.1, -0.05) is 65.8 Å². The number of nitrogens with one attached hydrogen (secondary N) is 1. The summed E-state index contributed by atoms with van der Waals surface area (Å²) in [5.41, 5.74) is 6.07. The van der Waals surface area contributed by atoms with Crippen molar-refractivity contribution in [2.24, 2.45) is 5.10 Å². The summed E-state index contributed by atoms with van der Waals surface area (Å²) < 4.78 is 7.18. The van der Waals surface area contributed by atoms with Crippen LogP contribution >= 0.6 is 23.4 Å². The molecule has 0 bridgehead atoms. The second-order valence-corrected chi connectivity index (χ2v) is 9.77. The molecule has 0 spiro atoms. The van der Waals surface area contributed by atoms with Gasteiger partial charge in [-0.05, 0) is 66.2 Å². The highest BCUT2D eigenvalue weighted by Gasteiger charge is 2.17. The third-order valence-corrected chi connectivity index (χ3v) is 7.11. The molecule has 0 aliphatic carbocycles. The van der Waals surface area contributed by atoms with Gasteiger partial charge in [0.1, 0.15) is 5.75 Å². The zero-order valence-electron chi connectivity index (χ0n) is 20.8. The van der Waals surface area contributed by atoms with E-state index in [2.05, 4.69) is 32.9 Å². The van der Waals surface area contributed by atoms with Crippen LogP contribution in [0.25, 0.3) is 27.8 Å². The van der Waals surface area contributed by atoms with Crippen molar-refractivity contribution >= 4 is 45.8 Å². The number of rotatable bonds is 8. The molecule has 0 fully saturated rings. The average molecular weight is 542 g/mol. The summed E-state index contributed by atoms with van der Waals surface area (Å²) in [6, 6.07) is 29.1. The topological polar surface area (TPSA) is 81.4 Å². The lowest BCUT2D eigenvalue weighted by Gasteiger charge is -2.11. The lowest BCUT2D eigenvalue weighted by molar-refractivity contribution is -0.118. The Kier molecular flexibility index (Phi) is 7.72. The van der Waals surface area contributed by atoms with Gasteiger partial charge < -0.3 is 4.74 Å². The molecule has 190 valence electrons. The second kappa shape index (κ2) is 11.5. The van der Waals surface area contributed by atoms with Crippen LogP contribution in [0.3, 0.4) is 0 Å². The number of fused-ring (bicyclic) bond motifs is 1. The van der Waals surface area contributed by atoms with Gasteiger partial charge in [0.15, 0.2) is 11.0 Å². The van der Waals surface area contributed by atoms with Gasteiger partial charge in [-0.2, -0.15) is 5.10 Å². The molecule has 0 aliphatic rings. The molecule has 5 rings (SSSR count). The van der Waals surface area contributed by atoms with Gasteiger partial charge in [0.25, 0.3) is 5.91 Å². The predicted octanol–water partition coefficient (Wildman–Crippen LogP) is 6.38. The molecule has 0 radical (unpaired) electrons. The summed E-state index contributed by atoms with van der Waals surface area (Å²) in [5.74, 6) is 1.26. The van der Waals surface area contributed by atoms with Gasteiger partial charge >= 0.3 is 0 Å². The van der Waals surface area contributed by atoms with E-state index in [1.165, 1.54) is 11.8 Å². The minimum atomic E-state index is -0.244. The summed E-state index contributed by atoms with van der Waals surface area (Å²) >= 11 is 7.40. The highest BCUT2D eigenvalue weighted by atomic mass is 35.5. The monoisotopic (exact) mass is 541 g/mol. The van der Waals surface area contributed by atoms with E-state index in [9.17, 15) is 4.79 Å². The maximum atomic E-state index is 12.7. The lowest BCUT2D eigenvalue weighted by Crippen LogP contribution is -2.21. The fourth-order valence-electron chi connectivity index (χ4n) is 4.02. The Morgan fingerprint density at radius 1 is 0.974 bits per heavy atom. The standard InChI is InChI=1S/C29H24ClN5O2S/c1-19(25-9-5-7-20-6-3-4-8-26(20)25)31-32-27(36)18-38-29-34-33-28(21-10-16-24(37-2)17-11-21)35(29)23-14-12-22(30)13-15-23/h3-17H,18H2,1-2H3,(H,32,36)/b31-19+. The van der Waals surface area contributed by atoms with Crippen LogP contribution < -0.4 is 10.2 Å². The van der Waals surface area contributed by atoms with Crippen molar-refractivity contribution in [3.8, 4) is 22.8 Å². The van der Waals surface area contributed by atoms with Crippen molar-refractivity contribution in [2.45, 2.75) is 12.1 Å². The lowest BCUT2D eigenvalue weighted by atomic mass is 10.0. The molecular formula is C29H24ClN5O2S. The molecule has 7 nitrogen and oxygen atoms in total. The van der Waals surface area contributed by atoms with Crippen LogP contribution in [0, 0.1) is 0 Å². The van der Waals surface area contributed by atoms with Crippen LogP contribution in [0.5, 0.6) is 5.75 Å². The van der Waals surface area contributed by atoms with Crippen LogP contribution in [-0.4, -0.2) is 39.2 Å². The molecule has 9 heteroatoms. The second-order valence-electron chi connectivity index (χ2n) is 8.39. The van der Waals surface area contributed by atoms with E-state index in [-0.39, 0.29) is 11.7 Å². The first kappa shape index (κ1) is 25.5. The average Bonchev–Trinajstić information content (AvgIpc) is 3.38. The van der Waals surface area contributed by atoms with Gasteiger partial charge in [0.2, 0.25) is 0 Å². The number of aromatic nitrogens is 3. The Hall–Kier alpha value is -4.14. The quantitative estimate of drug-likeness (QED) is 0.140. The first-order valence-corrected chi connectivity index (χ1v) is 13.2. The Morgan fingerprint density at radius 2 is 1.71 bits per heavy atom. The van der Waals surface area contributed by atoms with Gasteiger partial charge in [-0.25, -0.2) is 5.43 Å². The van der Waals surface area contributed by atoms with Crippen LogP contribution in [-0.2, 0) is 4.79 Å². The summed E-state index contributed by atoms with van der Waals surface area (Å²) in [7, 11) is 1.62. The van der Waals surface area contributed by atoms with E-state index in [1.807, 2.05) is 78.2 Å². The number of amides is 1. The van der Waals surface area contributed by atoms with E-state index < -0.39 is 0 Å². The zero-order chi connectivity index (χ0) is 26.5. The number of hydrogen-bond acceptors (Lipinski definition) is 6. The number of hydrogen-bond donors (Lipinski definition) is 1. The molecule has 0 saturated carbocycles. The molecule has 0 saturated heterocycles. The Morgan fingerprint density at radius 3 is 2.47 bits per heavy atom. The SMILES string of the molecule is COc1ccc(-c2nnc(SCC(=O)N/N=C(\C)c3cccc4ccccc34)n2-c2ccc(Cl)cc2)cc1. The Balaban J connectivity index is 1.35. The molecule has 0 unspecified atom stereocenters. The minimum Gasteiger partial charge on any atom is -0.497 e. The van der Waals surface area contributed by atoms with Crippen molar-refractivity contribution in [3.05, 3.63) is 102 Å². The van der Waals surface area contributed by atoms with Crippen molar-refractivity contribution in [3.63, 3.8) is 0 Å². The summed E-state index contributed by atoms with van der Waals surface area (Å²) in [4.78, 5) is 12.7. The molecule has 38 heavy (non-hydrogen) atoms. The van der Waals surface area contributed by atoms with Gasteiger partial charge in [0.05, 0.1) is 18.6 Å². The first-order valence-electron chi connectivity index (χ1n) is 11.8. The van der Waals surface area contributed by atoms with E-state index in [0.29, 0.717) is 16.0 Å². The highest BCUT2D eigenvalue weighted by molar-refractivity contribution is 7.99. The van der Waals surface area contributed by atoms with Crippen molar-refractivity contribution in [2.75, 3.05) is 12.9 Å². The number of carbonyl (C=O) groups excluding carboxylic acids is 1. The first-order chi connectivity index (χ1) is 18.5. The van der Waals surface area contributed by atoms with Gasteiger partial charge in [-0.3, -0.25) is 9.36 Å². The third-order valence-electron chi connectivity index (χ3n) is 5.93. The van der Waals surface area contributed by atoms with Crippen molar-refractivity contribution in [1.82, 2.24) is 20.2 Å². The number of methoxy groups -OCH3 is 1. The van der Waals surface area contributed by atoms with E-state index in [4.69, 9.17) is 16.3 Å². The normalized spacial score (nSPS) is 11.5. The molecule has 1 N–H and O–H groups in total. The predicted molar refractivity (Wildman–Crippen MR) is 153 cm³/mol. The fourth-order valence-corrected chi connectivity index (χ4v) is 4.89. The Bertz CT molecular complexity index is 1610. The third kappa shape index (κ3) is 5.56. The van der Waals surface area contributed by atoms with E-state index in [1.54, 1.807) is 19.2 Å². The van der Waals surface area contributed by atoms with Crippen LogP contribution in [0.1, 0.15) is 12.5 Å². The largest absolute Gasteiger partial charge is 0.497 e. The summed E-state index contributed by atoms with van der Waals surface area (Å²) in [5, 5.41) is 16.6. The number of ether oxygens (including phenoxy) is 1. The number of halogens is 1. The van der Waals surface area contributed by atoms with Gasteiger partial charge in [0, 0.05) is 21.8 Å². The molecule has 0 atom stereocenters. The molecular weight excluding hydrogens is 518 g/mol. The van der Waals surface area contributed by atoms with Gasteiger partial charge in [-0.15, -0.1) is 10.2 Å². The van der Waals surface area contributed by atoms with E-state index >= 15 is 0 Å². The molecule has 0 aliphatic heterocycles. The van der Waals surface area contributed by atoms with E-state index in [0.717, 1.165) is 39.0 Å². The van der Waals surface area contributed by atoms with Crippen LogP contribution in [0.2, 0.25) is 5.02 Å². The summed E-state index contributed by atoms with van der Waals surface area (Å²) in [6.45, 7) is 1.88. The fraction of sp³-hybridized carbons (Fsp3) is 0.103.